The van der Waals surface area contributed by atoms with Crippen molar-refractivity contribution in [1.29, 1.82) is 0 Å². The maximum Gasteiger partial charge on any atom is 0.261 e. The van der Waals surface area contributed by atoms with E-state index < -0.39 is 5.79 Å². The average molecular weight is 1840 g/mol. The molecule has 0 saturated carbocycles. The molecule has 0 amide bonds. The molecule has 4 aliphatic carbocycles. The van der Waals surface area contributed by atoms with Gasteiger partial charge in [-0.15, -0.1) is 0 Å². The Morgan fingerprint density at radius 3 is 1.05 bits per heavy atom. The highest BCUT2D eigenvalue weighted by atomic mass is 15.4. The predicted octanol–water partition coefficient (Wildman–Crippen LogP) is 33.9. The van der Waals surface area contributed by atoms with Crippen molar-refractivity contribution in [2.24, 2.45) is 9.98 Å². The molecule has 27 aromatic rings. The third-order valence-electron chi connectivity index (χ3n) is 32.1. The number of hydrogen-bond donors (Lipinski definition) is 2. The zero-order chi connectivity index (χ0) is 94.3. The lowest BCUT2D eigenvalue weighted by Crippen LogP contribution is -2.33. The van der Waals surface area contributed by atoms with Crippen LogP contribution in [0.4, 0.5) is 0 Å². The molecule has 0 saturated heterocycles. The van der Waals surface area contributed by atoms with Crippen LogP contribution in [0, 0.1) is 0 Å². The van der Waals surface area contributed by atoms with Crippen molar-refractivity contribution >= 4 is 141 Å². The number of rotatable bonds is 10. The minimum absolute atomic E-state index is 0.877. The zero-order valence-electron chi connectivity index (χ0n) is 79.4. The Balaban J connectivity index is 0.000000134. The van der Waals surface area contributed by atoms with E-state index in [0.29, 0.717) is 0 Å². The number of nitrogens with zero attached hydrogens (tertiary/aromatic N) is 6. The van der Waals surface area contributed by atoms with Crippen LogP contribution in [0.15, 0.2) is 422 Å². The van der Waals surface area contributed by atoms with Gasteiger partial charge in [0.05, 0.1) is 45.6 Å². The van der Waals surface area contributed by atoms with Crippen molar-refractivity contribution in [2.75, 3.05) is 0 Å². The summed E-state index contributed by atoms with van der Waals surface area (Å²) < 4.78 is 2.50. The van der Waals surface area contributed by atoms with Crippen LogP contribution in [-0.4, -0.2) is 40.9 Å². The molecule has 7 aliphatic rings. The number of imidazole rings is 3. The van der Waals surface area contributed by atoms with Gasteiger partial charge in [0.2, 0.25) is 0 Å². The quantitative estimate of drug-likeness (QED) is 0.133. The summed E-state index contributed by atoms with van der Waals surface area (Å²) in [6.07, 6.45) is 11.5. The molecule has 1 unspecified atom stereocenters. The van der Waals surface area contributed by atoms with Crippen LogP contribution in [0.25, 0.3) is 231 Å². The van der Waals surface area contributed by atoms with Gasteiger partial charge in [-0.3, -0.25) is 4.57 Å². The minimum Gasteiger partial charge on any atom is -0.337 e. The molecule has 678 valence electrons. The van der Waals surface area contributed by atoms with E-state index >= 15 is 0 Å². The Morgan fingerprint density at radius 1 is 0.215 bits per heavy atom. The average Bonchev–Trinajstić information content (AvgIpc) is 1.52. The summed E-state index contributed by atoms with van der Waals surface area (Å²) in [6, 6.07) is 153. The molecule has 144 heavy (non-hydrogen) atoms. The lowest BCUT2D eigenvalue weighted by Gasteiger charge is -2.33. The molecule has 8 heteroatoms. The number of benzene rings is 24. The number of aromatic nitrogens is 6. The van der Waals surface area contributed by atoms with Crippen LogP contribution in [0.5, 0.6) is 0 Å². The van der Waals surface area contributed by atoms with Gasteiger partial charge in [0.15, 0.2) is 0 Å². The van der Waals surface area contributed by atoms with E-state index in [9.17, 15) is 0 Å². The van der Waals surface area contributed by atoms with Crippen LogP contribution in [0.1, 0.15) is 86.9 Å². The Labute approximate surface area is 832 Å². The van der Waals surface area contributed by atoms with Gasteiger partial charge in [-0.05, 0) is 287 Å². The van der Waals surface area contributed by atoms with Gasteiger partial charge in [0, 0.05) is 66.8 Å². The van der Waals surface area contributed by atoms with Crippen molar-refractivity contribution in [2.45, 2.75) is 82.8 Å². The summed E-state index contributed by atoms with van der Waals surface area (Å²) in [4.78, 5) is 38.0. The highest BCUT2D eigenvalue weighted by Crippen LogP contribution is 2.55. The van der Waals surface area contributed by atoms with Gasteiger partial charge in [-0.1, -0.05) is 376 Å². The molecule has 6 heterocycles. The third kappa shape index (κ3) is 13.1. The molecular weight excluding hydrogens is 1750 g/mol. The van der Waals surface area contributed by atoms with Gasteiger partial charge >= 0.3 is 0 Å². The van der Waals surface area contributed by atoms with Crippen molar-refractivity contribution in [3.8, 4) is 102 Å². The Kier molecular flexibility index (Phi) is 18.7. The summed E-state index contributed by atoms with van der Waals surface area (Å²) in [5.74, 6) is 1.42. The normalized spacial score (nSPS) is 14.9. The molecule has 8 nitrogen and oxygen atoms in total. The molecule has 0 fully saturated rings. The first-order valence-electron chi connectivity index (χ1n) is 51.2. The summed E-state index contributed by atoms with van der Waals surface area (Å²) in [5.41, 5.74) is 31.8. The van der Waals surface area contributed by atoms with Crippen LogP contribution in [-0.2, 0) is 57.2 Å². The first kappa shape index (κ1) is 82.3. The number of nitrogens with one attached hydrogen (secondary N) is 2. The first-order chi connectivity index (χ1) is 71.3. The summed E-state index contributed by atoms with van der Waals surface area (Å²) >= 11 is 0. The van der Waals surface area contributed by atoms with E-state index in [1.807, 2.05) is 0 Å². The number of aliphatic imine (C=N–C) groups is 2. The third-order valence-corrected chi connectivity index (χ3v) is 32.1. The van der Waals surface area contributed by atoms with Crippen LogP contribution < -0.4 is 0 Å². The van der Waals surface area contributed by atoms with Crippen molar-refractivity contribution in [1.82, 2.24) is 29.5 Å². The fourth-order valence-corrected chi connectivity index (χ4v) is 25.4. The molecule has 2 N–H and O–H groups in total. The molecule has 1 atom stereocenters. The van der Waals surface area contributed by atoms with E-state index in [2.05, 4.69) is 427 Å². The van der Waals surface area contributed by atoms with E-state index in [1.165, 1.54) is 196 Å². The number of H-pyrrole nitrogens is 2. The number of fused-ring (bicyclic) bond motifs is 2. The lowest BCUT2D eigenvalue weighted by atomic mass is 9.88. The summed E-state index contributed by atoms with van der Waals surface area (Å²) in [7, 11) is 0. The predicted molar refractivity (Wildman–Crippen MR) is 601 cm³/mol. The second-order valence-corrected chi connectivity index (χ2v) is 40.4. The standard InChI is InChI=1S/C68H46N4.C68H48N4/c1-3-14-50(15-4-1)63-64(55-37-35-49-33-31-45-20-9-21-47-34-36-54(55)62(49)59(45)47)71-68(70-63)58-39-42-13-7-12-41-26-28-43(18-8-19-44(58)29-27-42)56(38-41)67-69-65(66(72(67)68)51-16-5-2-6-17-51)57-40-52-24-10-22-46-30-32-48-23-11-25-53(57)61(48)60(46)52;1-3-14-50(15-4-1)63-65(55-37-35-49-33-31-45-20-9-21-47-34-36-54(55)62(49)59(45)47)71-67(69-63)56-38-41-12-7-13-42-27-29-44(19-8-18-43(56)28-26-41)57(39-42)68-70-64(51-16-5-2-6-17-51)66(72-68)58-40-52-24-10-22-46-30-32-48-23-11-25-53(58)61(48)60(46)52/h1-6,9-11,14-17,20-40H,7-8,12-13,18-19H2;1-6,9-11,14-17,20-40H,7-8,12-13,18-19H2,(H,69,71)(H,70,72). The Bertz CT molecular complexity index is 9940. The maximum atomic E-state index is 6.40. The van der Waals surface area contributed by atoms with E-state index in [0.717, 1.165) is 185 Å². The Hall–Kier alpha value is -17.6. The second kappa shape index (κ2) is 32.8. The minimum atomic E-state index is -1.31. The number of aryl methyl sites for hydroxylation is 8. The molecular formula is C136H94N8. The summed E-state index contributed by atoms with van der Waals surface area (Å²) in [6.45, 7) is 0. The molecule has 1 spiro atoms. The smallest absolute Gasteiger partial charge is 0.261 e. The second-order valence-electron chi connectivity index (χ2n) is 40.4. The fourth-order valence-electron chi connectivity index (χ4n) is 25.4. The van der Waals surface area contributed by atoms with Gasteiger partial charge in [-0.2, -0.15) is 0 Å². The topological polar surface area (TPSA) is 99.9 Å². The molecule has 0 radical (unpaired) electrons. The molecule has 24 aromatic carbocycles. The van der Waals surface area contributed by atoms with Gasteiger partial charge < -0.3 is 9.97 Å². The van der Waals surface area contributed by atoms with Gasteiger partial charge in [0.25, 0.3) is 5.79 Å². The van der Waals surface area contributed by atoms with Gasteiger partial charge in [-0.25, -0.2) is 24.9 Å². The SMILES string of the molecule is c1ccc(-c2nc(-c3cc4ccc3CCCc3ccc(cc3-c3nc(-c5ccccc5)c(-c5cc6cccc7ccc8cccc5c8c76)[nH]3)CCC4)[nH]c2-c2ccc3ccc4cccc5ccc2c3c45)cc1.c1ccc(C2=NC3(N=C2c2ccc4ccc5cccc6ccc2c4c56)c2cc4ccc2CCCc2ccc(cc2-c2nc(-c5cc6cccc7ccc8cccc5c8c76)c(-c5ccccc5)n23)CCC4)cc1. The van der Waals surface area contributed by atoms with Crippen molar-refractivity contribution in [3.63, 3.8) is 0 Å². The highest BCUT2D eigenvalue weighted by molar-refractivity contribution is 6.56. The number of hydrogen-bond acceptors (Lipinski definition) is 5. The van der Waals surface area contributed by atoms with Crippen molar-refractivity contribution < 1.29 is 0 Å². The fraction of sp³-hybridized carbons (Fsp3) is 0.0956. The molecule has 34 rings (SSSR count). The van der Waals surface area contributed by atoms with Crippen LogP contribution in [0.2, 0.25) is 0 Å². The highest BCUT2D eigenvalue weighted by Gasteiger charge is 2.48. The molecule has 3 aromatic heterocycles. The van der Waals surface area contributed by atoms with Crippen LogP contribution in [0.3, 0.4) is 0 Å². The largest absolute Gasteiger partial charge is 0.337 e. The Morgan fingerprint density at radius 2 is 0.556 bits per heavy atom. The van der Waals surface area contributed by atoms with Gasteiger partial charge in [0.1, 0.15) is 17.5 Å². The summed E-state index contributed by atoms with van der Waals surface area (Å²) in [5, 5.41) is 30.2. The lowest BCUT2D eigenvalue weighted by molar-refractivity contribution is 0.403. The van der Waals surface area contributed by atoms with Crippen LogP contribution >= 0.6 is 0 Å². The maximum absolute atomic E-state index is 6.40. The van der Waals surface area contributed by atoms with E-state index in [1.54, 1.807) is 0 Å². The molecule has 3 aliphatic heterocycles. The monoisotopic (exact) mass is 1840 g/mol. The van der Waals surface area contributed by atoms with E-state index in [-0.39, 0.29) is 0 Å². The first-order valence-corrected chi connectivity index (χ1v) is 51.2. The van der Waals surface area contributed by atoms with E-state index in [4.69, 9.17) is 24.9 Å². The zero-order valence-corrected chi connectivity index (χ0v) is 79.4. The van der Waals surface area contributed by atoms with Crippen molar-refractivity contribution in [3.05, 3.63) is 474 Å². The molecule has 8 bridgehead atoms. The number of aromatic amines is 2.